The summed E-state index contributed by atoms with van der Waals surface area (Å²) >= 11 is 0. The Hall–Kier alpha value is -2.57. The van der Waals surface area contributed by atoms with Crippen LogP contribution in [0.5, 0.6) is 5.75 Å². The number of hydrogen-bond acceptors (Lipinski definition) is 6. The average Bonchev–Trinajstić information content (AvgIpc) is 2.62. The Morgan fingerprint density at radius 2 is 1.79 bits per heavy atom. The molecule has 7 nitrogen and oxygen atoms in total. The van der Waals surface area contributed by atoms with Crippen LogP contribution >= 0.6 is 0 Å². The van der Waals surface area contributed by atoms with E-state index in [2.05, 4.69) is 10.1 Å². The number of esters is 2. The summed E-state index contributed by atoms with van der Waals surface area (Å²) in [4.78, 5) is 35.1. The molecule has 7 heteroatoms. The lowest BCUT2D eigenvalue weighted by atomic mass is 9.99. The second-order valence-electron chi connectivity index (χ2n) is 5.22. The van der Waals surface area contributed by atoms with Gasteiger partial charge in [-0.15, -0.1) is 0 Å². The normalized spacial score (nSPS) is 12.6. The molecular weight excluding hydrogens is 314 g/mol. The van der Waals surface area contributed by atoms with Gasteiger partial charge in [0.15, 0.2) is 13.2 Å². The predicted molar refractivity (Wildman–Crippen MR) is 86.3 cm³/mol. The zero-order valence-electron chi connectivity index (χ0n) is 14.1. The van der Waals surface area contributed by atoms with Gasteiger partial charge in [0, 0.05) is 0 Å². The fourth-order valence-electron chi connectivity index (χ4n) is 1.86. The van der Waals surface area contributed by atoms with Crippen molar-refractivity contribution in [1.82, 2.24) is 5.32 Å². The highest BCUT2D eigenvalue weighted by Gasteiger charge is 2.26. The lowest BCUT2D eigenvalue weighted by Gasteiger charge is -2.21. The van der Waals surface area contributed by atoms with Crippen molar-refractivity contribution in [3.05, 3.63) is 30.3 Å². The topological polar surface area (TPSA) is 90.9 Å². The van der Waals surface area contributed by atoms with Gasteiger partial charge in [-0.05, 0) is 18.1 Å². The van der Waals surface area contributed by atoms with Crippen molar-refractivity contribution in [3.8, 4) is 5.75 Å². The van der Waals surface area contributed by atoms with E-state index in [1.165, 1.54) is 7.11 Å². The first kappa shape index (κ1) is 19.5. The molecule has 0 aromatic heterocycles. The quantitative estimate of drug-likeness (QED) is 0.683. The van der Waals surface area contributed by atoms with Gasteiger partial charge in [0.2, 0.25) is 0 Å². The zero-order chi connectivity index (χ0) is 17.9. The van der Waals surface area contributed by atoms with Crippen LogP contribution in [-0.2, 0) is 23.9 Å². The summed E-state index contributed by atoms with van der Waals surface area (Å²) in [5.74, 6) is -1.35. The van der Waals surface area contributed by atoms with Gasteiger partial charge in [-0.1, -0.05) is 38.5 Å². The molecule has 1 aromatic carbocycles. The van der Waals surface area contributed by atoms with Gasteiger partial charge in [-0.2, -0.15) is 0 Å². The molecule has 0 aliphatic heterocycles. The molecule has 0 unspecified atom stereocenters. The Labute approximate surface area is 141 Å². The fraction of sp³-hybridized carbons (Fsp3) is 0.471. The number of benzene rings is 1. The maximum Gasteiger partial charge on any atom is 0.344 e. The van der Waals surface area contributed by atoms with Crippen LogP contribution in [0.3, 0.4) is 0 Å². The number of hydrogen-bond donors (Lipinski definition) is 1. The lowest BCUT2D eigenvalue weighted by molar-refractivity contribution is -0.152. The summed E-state index contributed by atoms with van der Waals surface area (Å²) < 4.78 is 14.7. The number of methoxy groups -OCH3 is 1. The molecule has 0 spiro atoms. The van der Waals surface area contributed by atoms with E-state index in [0.29, 0.717) is 12.2 Å². The van der Waals surface area contributed by atoms with Gasteiger partial charge in [0.25, 0.3) is 5.91 Å². The minimum absolute atomic E-state index is 0.0986. The second-order valence-corrected chi connectivity index (χ2v) is 5.22. The summed E-state index contributed by atoms with van der Waals surface area (Å²) in [7, 11) is 1.25. The van der Waals surface area contributed by atoms with Crippen molar-refractivity contribution in [2.75, 3.05) is 20.3 Å². The first-order valence-corrected chi connectivity index (χ1v) is 7.68. The number of amides is 1. The molecule has 0 bridgehead atoms. The molecule has 1 aromatic rings. The SMILES string of the molecule is CC[C@H](C)[C@H](NC(=O)COC(=O)COc1ccccc1)C(=O)OC. The third-order valence-electron chi connectivity index (χ3n) is 3.45. The molecule has 2 atom stereocenters. The Kier molecular flexibility index (Phi) is 8.32. The zero-order valence-corrected chi connectivity index (χ0v) is 14.1. The second kappa shape index (κ2) is 10.3. The van der Waals surface area contributed by atoms with Crippen molar-refractivity contribution >= 4 is 17.8 Å². The minimum Gasteiger partial charge on any atom is -0.482 e. The molecule has 1 rings (SSSR count). The maximum absolute atomic E-state index is 11.8. The standard InChI is InChI=1S/C17H23NO6/c1-4-12(2)16(17(21)22-3)18-14(19)10-24-15(20)11-23-13-8-6-5-7-9-13/h5-9,12,16H,4,10-11H2,1-3H3,(H,18,19)/t12-,16-/m0/s1. The number of nitrogens with one attached hydrogen (secondary N) is 1. The maximum atomic E-state index is 11.8. The van der Waals surface area contributed by atoms with E-state index in [1.54, 1.807) is 24.3 Å². The van der Waals surface area contributed by atoms with E-state index >= 15 is 0 Å². The van der Waals surface area contributed by atoms with Crippen LogP contribution in [0.1, 0.15) is 20.3 Å². The van der Waals surface area contributed by atoms with E-state index in [4.69, 9.17) is 9.47 Å². The Morgan fingerprint density at radius 3 is 2.38 bits per heavy atom. The molecule has 0 fully saturated rings. The summed E-state index contributed by atoms with van der Waals surface area (Å²) in [5.41, 5.74) is 0. The average molecular weight is 337 g/mol. The number of ether oxygens (including phenoxy) is 3. The molecule has 0 aliphatic rings. The number of para-hydroxylation sites is 1. The monoisotopic (exact) mass is 337 g/mol. The Bertz CT molecular complexity index is 545. The third-order valence-corrected chi connectivity index (χ3v) is 3.45. The molecule has 1 N–H and O–H groups in total. The van der Waals surface area contributed by atoms with Crippen molar-refractivity contribution in [3.63, 3.8) is 0 Å². The molecular formula is C17H23NO6. The van der Waals surface area contributed by atoms with E-state index in [0.717, 1.165) is 0 Å². The number of carbonyl (C=O) groups is 3. The van der Waals surface area contributed by atoms with E-state index < -0.39 is 30.5 Å². The highest BCUT2D eigenvalue weighted by atomic mass is 16.6. The van der Waals surface area contributed by atoms with Crippen LogP contribution in [0.2, 0.25) is 0 Å². The summed E-state index contributed by atoms with van der Waals surface area (Å²) in [6, 6.07) is 8.00. The van der Waals surface area contributed by atoms with E-state index in [1.807, 2.05) is 19.9 Å². The molecule has 1 amide bonds. The highest BCUT2D eigenvalue weighted by molar-refractivity contribution is 5.86. The first-order valence-electron chi connectivity index (χ1n) is 7.68. The fourth-order valence-corrected chi connectivity index (χ4v) is 1.86. The van der Waals surface area contributed by atoms with Gasteiger partial charge in [-0.3, -0.25) is 4.79 Å². The molecule has 0 saturated heterocycles. The Balaban J connectivity index is 2.38. The molecule has 0 radical (unpaired) electrons. The minimum atomic E-state index is -0.772. The van der Waals surface area contributed by atoms with Crippen molar-refractivity contribution < 1.29 is 28.6 Å². The predicted octanol–water partition coefficient (Wildman–Crippen LogP) is 1.31. The van der Waals surface area contributed by atoms with Crippen molar-refractivity contribution in [1.29, 1.82) is 0 Å². The third kappa shape index (κ3) is 6.68. The molecule has 0 saturated carbocycles. The van der Waals surface area contributed by atoms with E-state index in [9.17, 15) is 14.4 Å². The molecule has 0 heterocycles. The van der Waals surface area contributed by atoms with Crippen LogP contribution in [0, 0.1) is 5.92 Å². The van der Waals surface area contributed by atoms with Crippen LogP contribution in [0.4, 0.5) is 0 Å². The van der Waals surface area contributed by atoms with Crippen molar-refractivity contribution in [2.24, 2.45) is 5.92 Å². The van der Waals surface area contributed by atoms with Gasteiger partial charge in [-0.25, -0.2) is 9.59 Å². The van der Waals surface area contributed by atoms with E-state index in [-0.39, 0.29) is 12.5 Å². The van der Waals surface area contributed by atoms with Gasteiger partial charge < -0.3 is 19.5 Å². The molecule has 24 heavy (non-hydrogen) atoms. The first-order chi connectivity index (χ1) is 11.5. The van der Waals surface area contributed by atoms with Crippen molar-refractivity contribution in [2.45, 2.75) is 26.3 Å². The summed E-state index contributed by atoms with van der Waals surface area (Å²) in [5, 5.41) is 2.52. The Morgan fingerprint density at radius 1 is 1.12 bits per heavy atom. The largest absolute Gasteiger partial charge is 0.482 e. The summed E-state index contributed by atoms with van der Waals surface area (Å²) in [6.07, 6.45) is 0.685. The van der Waals surface area contributed by atoms with Gasteiger partial charge >= 0.3 is 11.9 Å². The smallest absolute Gasteiger partial charge is 0.344 e. The molecule has 0 aliphatic carbocycles. The van der Waals surface area contributed by atoms with Crippen LogP contribution in [-0.4, -0.2) is 44.2 Å². The summed E-state index contributed by atoms with van der Waals surface area (Å²) in [6.45, 7) is 2.93. The lowest BCUT2D eigenvalue weighted by Crippen LogP contribution is -2.47. The van der Waals surface area contributed by atoms with Crippen LogP contribution < -0.4 is 10.1 Å². The van der Waals surface area contributed by atoms with Gasteiger partial charge in [0.05, 0.1) is 7.11 Å². The number of rotatable bonds is 9. The van der Waals surface area contributed by atoms with Crippen LogP contribution in [0.15, 0.2) is 30.3 Å². The van der Waals surface area contributed by atoms with Gasteiger partial charge in [0.1, 0.15) is 11.8 Å². The van der Waals surface area contributed by atoms with Crippen LogP contribution in [0.25, 0.3) is 0 Å². The number of carbonyl (C=O) groups excluding carboxylic acids is 3. The highest BCUT2D eigenvalue weighted by Crippen LogP contribution is 2.09. The molecule has 132 valence electrons.